The number of hydrogen-bond acceptors (Lipinski definition) is 6. The van der Waals surface area contributed by atoms with Crippen molar-refractivity contribution in [2.75, 3.05) is 13.2 Å². The smallest absolute Gasteiger partial charge is 0.306 e. The molecule has 0 aliphatic carbocycles. The monoisotopic (exact) mass is 893 g/mol. The number of ether oxygens (including phenoxy) is 3. The topological polar surface area (TPSA) is 78.9 Å². The van der Waals surface area contributed by atoms with Gasteiger partial charge in [-0.1, -0.05) is 222 Å². The molecule has 0 aromatic rings. The highest BCUT2D eigenvalue weighted by atomic mass is 16.6. The average Bonchev–Trinajstić information content (AvgIpc) is 3.29. The summed E-state index contributed by atoms with van der Waals surface area (Å²) in [6.07, 6.45) is 66.2. The molecule has 0 amide bonds. The first kappa shape index (κ1) is 60.9. The van der Waals surface area contributed by atoms with Gasteiger partial charge in [0.25, 0.3) is 0 Å². The maximum absolute atomic E-state index is 12.8. The molecule has 0 radical (unpaired) electrons. The van der Waals surface area contributed by atoms with Crippen molar-refractivity contribution in [1.29, 1.82) is 0 Å². The minimum Gasteiger partial charge on any atom is -0.462 e. The summed E-state index contributed by atoms with van der Waals surface area (Å²) in [5, 5.41) is 0. The van der Waals surface area contributed by atoms with Gasteiger partial charge in [-0.15, -0.1) is 0 Å². The van der Waals surface area contributed by atoms with Crippen LogP contribution in [0.3, 0.4) is 0 Å². The summed E-state index contributed by atoms with van der Waals surface area (Å²) in [6.45, 7) is 6.47. The van der Waals surface area contributed by atoms with Crippen molar-refractivity contribution in [3.63, 3.8) is 0 Å². The van der Waals surface area contributed by atoms with Gasteiger partial charge in [-0.2, -0.15) is 0 Å². The van der Waals surface area contributed by atoms with Crippen LogP contribution in [0.25, 0.3) is 0 Å². The third-order valence-corrected chi connectivity index (χ3v) is 11.4. The van der Waals surface area contributed by atoms with Crippen molar-refractivity contribution < 1.29 is 28.6 Å². The SMILES string of the molecule is CC/C=C\C/C=C\C/C=C\C/C=C\C/C=C\CCCCCCCC(=O)OCC(COC(=O)CCCCCCCCC)OC(=O)CCCCCCCCC/C=C\CCCCCCCCC. The van der Waals surface area contributed by atoms with Crippen LogP contribution < -0.4 is 0 Å². The molecule has 6 nitrogen and oxygen atoms in total. The molecule has 0 spiro atoms. The Morgan fingerprint density at radius 3 is 0.969 bits per heavy atom. The van der Waals surface area contributed by atoms with Gasteiger partial charge in [0.1, 0.15) is 13.2 Å². The van der Waals surface area contributed by atoms with Crippen LogP contribution in [0.1, 0.15) is 258 Å². The zero-order valence-electron chi connectivity index (χ0n) is 42.0. The molecule has 0 N–H and O–H groups in total. The molecule has 1 atom stereocenters. The summed E-state index contributed by atoms with van der Waals surface area (Å²) < 4.78 is 16.7. The minimum atomic E-state index is -0.782. The Kier molecular flexibility index (Phi) is 49.9. The van der Waals surface area contributed by atoms with Gasteiger partial charge < -0.3 is 14.2 Å². The highest BCUT2D eigenvalue weighted by Crippen LogP contribution is 2.14. The highest BCUT2D eigenvalue weighted by molar-refractivity contribution is 5.71. The van der Waals surface area contributed by atoms with E-state index in [9.17, 15) is 14.4 Å². The lowest BCUT2D eigenvalue weighted by Crippen LogP contribution is -2.30. The Bertz CT molecular complexity index is 1210. The summed E-state index contributed by atoms with van der Waals surface area (Å²) in [5.74, 6) is -0.910. The number of unbranched alkanes of at least 4 members (excludes halogenated alkanes) is 25. The number of allylic oxidation sites excluding steroid dienone is 12. The predicted octanol–water partition coefficient (Wildman–Crippen LogP) is 17.8. The third-order valence-electron chi connectivity index (χ3n) is 11.4. The summed E-state index contributed by atoms with van der Waals surface area (Å²) in [5.41, 5.74) is 0. The van der Waals surface area contributed by atoms with Crippen LogP contribution in [0.5, 0.6) is 0 Å². The van der Waals surface area contributed by atoms with Crippen LogP contribution in [0.4, 0.5) is 0 Å². The van der Waals surface area contributed by atoms with E-state index in [2.05, 4.69) is 93.7 Å². The fourth-order valence-electron chi connectivity index (χ4n) is 7.40. The Balaban J connectivity index is 4.28. The van der Waals surface area contributed by atoms with E-state index in [0.29, 0.717) is 19.3 Å². The lowest BCUT2D eigenvalue weighted by molar-refractivity contribution is -0.167. The first-order valence-electron chi connectivity index (χ1n) is 26.9. The summed E-state index contributed by atoms with van der Waals surface area (Å²) >= 11 is 0. The van der Waals surface area contributed by atoms with E-state index in [0.717, 1.165) is 109 Å². The van der Waals surface area contributed by atoms with Crippen LogP contribution in [0, 0.1) is 0 Å². The second-order valence-corrected chi connectivity index (χ2v) is 17.8. The van der Waals surface area contributed by atoms with Gasteiger partial charge in [0.15, 0.2) is 6.10 Å². The van der Waals surface area contributed by atoms with E-state index in [1.54, 1.807) is 0 Å². The lowest BCUT2D eigenvalue weighted by Gasteiger charge is -2.18. The molecule has 0 bridgehead atoms. The molecule has 368 valence electrons. The van der Waals surface area contributed by atoms with Gasteiger partial charge in [0.2, 0.25) is 0 Å². The summed E-state index contributed by atoms with van der Waals surface area (Å²) in [7, 11) is 0. The predicted molar refractivity (Wildman–Crippen MR) is 274 cm³/mol. The Labute approximate surface area is 395 Å². The zero-order chi connectivity index (χ0) is 46.5. The van der Waals surface area contributed by atoms with E-state index in [1.165, 1.54) is 109 Å². The van der Waals surface area contributed by atoms with Gasteiger partial charge in [0.05, 0.1) is 0 Å². The Morgan fingerprint density at radius 1 is 0.328 bits per heavy atom. The van der Waals surface area contributed by atoms with Gasteiger partial charge in [-0.3, -0.25) is 14.4 Å². The van der Waals surface area contributed by atoms with Crippen LogP contribution >= 0.6 is 0 Å². The standard InChI is InChI=1S/C58H100O6/c1-4-7-10-13-16-18-20-22-24-26-28-29-30-32-33-35-37-39-42-45-48-51-57(60)63-54-55(53-62-56(59)50-47-44-41-15-12-9-6-3)64-58(61)52-49-46-43-40-38-36-34-31-27-25-23-21-19-17-14-11-8-5-2/h7,10,16,18,22,24-25,27-29,32-33,55H,4-6,8-9,11-15,17,19-21,23,26,30-31,34-54H2,1-3H3/b10-7-,18-16-,24-22-,27-25-,29-28-,33-32-. The van der Waals surface area contributed by atoms with Crippen LogP contribution in [0.2, 0.25) is 0 Å². The average molecular weight is 893 g/mol. The van der Waals surface area contributed by atoms with Crippen molar-refractivity contribution in [3.8, 4) is 0 Å². The largest absolute Gasteiger partial charge is 0.462 e. The van der Waals surface area contributed by atoms with E-state index in [1.807, 2.05) is 0 Å². The molecule has 0 aromatic carbocycles. The fraction of sp³-hybridized carbons (Fsp3) is 0.741. The first-order valence-corrected chi connectivity index (χ1v) is 26.9. The molecule has 0 aliphatic rings. The second kappa shape index (κ2) is 52.5. The van der Waals surface area contributed by atoms with Crippen LogP contribution in [-0.2, 0) is 28.6 Å². The second-order valence-electron chi connectivity index (χ2n) is 17.8. The zero-order valence-corrected chi connectivity index (χ0v) is 42.0. The maximum atomic E-state index is 12.8. The van der Waals surface area contributed by atoms with E-state index >= 15 is 0 Å². The molecule has 0 saturated heterocycles. The van der Waals surface area contributed by atoms with Gasteiger partial charge in [-0.05, 0) is 89.9 Å². The van der Waals surface area contributed by atoms with Crippen molar-refractivity contribution >= 4 is 17.9 Å². The quantitative estimate of drug-likeness (QED) is 0.0262. The highest BCUT2D eigenvalue weighted by Gasteiger charge is 2.19. The molecular weight excluding hydrogens is 793 g/mol. The number of rotatable bonds is 48. The molecule has 0 aromatic heterocycles. The van der Waals surface area contributed by atoms with E-state index < -0.39 is 6.10 Å². The molecule has 1 unspecified atom stereocenters. The summed E-state index contributed by atoms with van der Waals surface area (Å²) in [6, 6.07) is 0. The minimum absolute atomic E-state index is 0.0828. The van der Waals surface area contributed by atoms with Gasteiger partial charge in [-0.25, -0.2) is 0 Å². The first-order chi connectivity index (χ1) is 31.5. The number of hydrogen-bond donors (Lipinski definition) is 0. The van der Waals surface area contributed by atoms with E-state index in [-0.39, 0.29) is 31.1 Å². The molecule has 0 fully saturated rings. The molecule has 0 saturated carbocycles. The molecule has 6 heteroatoms. The van der Waals surface area contributed by atoms with Crippen molar-refractivity contribution in [3.05, 3.63) is 72.9 Å². The normalized spacial score (nSPS) is 12.6. The number of carbonyl (C=O) groups is 3. The van der Waals surface area contributed by atoms with Crippen LogP contribution in [0.15, 0.2) is 72.9 Å². The third kappa shape index (κ3) is 49.9. The Morgan fingerprint density at radius 2 is 0.609 bits per heavy atom. The summed E-state index contributed by atoms with van der Waals surface area (Å²) in [4.78, 5) is 37.9. The lowest BCUT2D eigenvalue weighted by atomic mass is 10.1. The molecular formula is C58H100O6. The van der Waals surface area contributed by atoms with Crippen molar-refractivity contribution in [2.24, 2.45) is 0 Å². The van der Waals surface area contributed by atoms with Crippen molar-refractivity contribution in [2.45, 2.75) is 264 Å². The maximum Gasteiger partial charge on any atom is 0.306 e. The van der Waals surface area contributed by atoms with Gasteiger partial charge >= 0.3 is 17.9 Å². The van der Waals surface area contributed by atoms with Crippen LogP contribution in [-0.4, -0.2) is 37.2 Å². The number of carbonyl (C=O) groups excluding carboxylic acids is 3. The fourth-order valence-corrected chi connectivity index (χ4v) is 7.40. The Hall–Kier alpha value is -3.15. The molecule has 0 heterocycles. The number of esters is 3. The van der Waals surface area contributed by atoms with E-state index in [4.69, 9.17) is 14.2 Å². The molecule has 64 heavy (non-hydrogen) atoms. The van der Waals surface area contributed by atoms with Gasteiger partial charge in [0, 0.05) is 19.3 Å². The molecule has 0 rings (SSSR count). The molecule has 0 aliphatic heterocycles. The van der Waals surface area contributed by atoms with Crippen molar-refractivity contribution in [1.82, 2.24) is 0 Å².